The molecular weight excluding hydrogens is 246 g/mol. The van der Waals surface area contributed by atoms with Gasteiger partial charge in [-0.15, -0.1) is 0 Å². The number of β-amino-alcohol motifs (C(OH)–C–C–N with tert-alkyl or cyclic N) is 1. The van der Waals surface area contributed by atoms with E-state index in [0.717, 1.165) is 19.5 Å². The van der Waals surface area contributed by atoms with E-state index >= 15 is 0 Å². The first kappa shape index (κ1) is 14.0. The Morgan fingerprint density at radius 1 is 1.47 bits per heavy atom. The summed E-state index contributed by atoms with van der Waals surface area (Å²) >= 11 is 0. The highest BCUT2D eigenvalue weighted by Gasteiger charge is 2.24. The minimum Gasteiger partial charge on any atom is -0.392 e. The van der Waals surface area contributed by atoms with E-state index in [0.29, 0.717) is 31.1 Å². The van der Waals surface area contributed by atoms with Crippen molar-refractivity contribution in [3.8, 4) is 0 Å². The van der Waals surface area contributed by atoms with Gasteiger partial charge < -0.3 is 14.5 Å². The summed E-state index contributed by atoms with van der Waals surface area (Å²) in [5.74, 6) is 0.570. The Kier molecular flexibility index (Phi) is 4.55. The highest BCUT2D eigenvalue weighted by molar-refractivity contribution is 5.92. The third kappa shape index (κ3) is 3.54. The molecule has 1 atom stereocenters. The molecule has 19 heavy (non-hydrogen) atoms. The second-order valence-corrected chi connectivity index (χ2v) is 4.98. The van der Waals surface area contributed by atoms with Gasteiger partial charge in [0.25, 0.3) is 5.91 Å². The molecule has 0 aliphatic carbocycles. The van der Waals surface area contributed by atoms with E-state index in [9.17, 15) is 9.90 Å². The molecule has 1 saturated heterocycles. The number of aliphatic hydroxyl groups is 1. The van der Waals surface area contributed by atoms with Crippen LogP contribution in [0.2, 0.25) is 0 Å². The molecule has 1 aromatic heterocycles. The SMILES string of the molecule is CC[C@@H](O)CN1CCN(C(=O)c2cc(C)on2)CC1. The monoisotopic (exact) mass is 267 g/mol. The van der Waals surface area contributed by atoms with Crippen molar-refractivity contribution in [2.45, 2.75) is 26.4 Å². The minimum absolute atomic E-state index is 0.0764. The zero-order valence-corrected chi connectivity index (χ0v) is 11.5. The van der Waals surface area contributed by atoms with Crippen LogP contribution < -0.4 is 0 Å². The van der Waals surface area contributed by atoms with Crippen molar-refractivity contribution in [3.63, 3.8) is 0 Å². The number of amides is 1. The van der Waals surface area contributed by atoms with Crippen molar-refractivity contribution in [2.24, 2.45) is 0 Å². The maximum absolute atomic E-state index is 12.1. The number of aryl methyl sites for hydroxylation is 1. The van der Waals surface area contributed by atoms with Crippen molar-refractivity contribution < 1.29 is 14.4 Å². The van der Waals surface area contributed by atoms with Crippen LogP contribution in [0.15, 0.2) is 10.6 Å². The molecule has 1 N–H and O–H groups in total. The quantitative estimate of drug-likeness (QED) is 0.861. The van der Waals surface area contributed by atoms with E-state index < -0.39 is 0 Å². The Bertz CT molecular complexity index is 425. The number of aliphatic hydroxyl groups excluding tert-OH is 1. The zero-order chi connectivity index (χ0) is 13.8. The normalized spacial score (nSPS) is 18.6. The van der Waals surface area contributed by atoms with Gasteiger partial charge in [0.2, 0.25) is 0 Å². The summed E-state index contributed by atoms with van der Waals surface area (Å²) in [6.45, 7) is 7.34. The molecule has 2 rings (SSSR count). The fourth-order valence-corrected chi connectivity index (χ4v) is 2.19. The van der Waals surface area contributed by atoms with Gasteiger partial charge >= 0.3 is 0 Å². The largest absolute Gasteiger partial charge is 0.392 e. The first-order valence-electron chi connectivity index (χ1n) is 6.73. The van der Waals surface area contributed by atoms with E-state index in [2.05, 4.69) is 10.1 Å². The van der Waals surface area contributed by atoms with Gasteiger partial charge in [-0.3, -0.25) is 9.69 Å². The Hall–Kier alpha value is -1.40. The van der Waals surface area contributed by atoms with Gasteiger partial charge in [0.15, 0.2) is 5.69 Å². The molecule has 2 heterocycles. The zero-order valence-electron chi connectivity index (χ0n) is 11.5. The molecule has 0 radical (unpaired) electrons. The molecule has 0 bridgehead atoms. The number of hydrogen-bond donors (Lipinski definition) is 1. The fraction of sp³-hybridized carbons (Fsp3) is 0.692. The third-order valence-corrected chi connectivity index (χ3v) is 3.45. The molecule has 0 saturated carbocycles. The predicted molar refractivity (Wildman–Crippen MR) is 69.9 cm³/mol. The molecule has 6 heteroatoms. The molecule has 0 unspecified atom stereocenters. The Labute approximate surface area is 113 Å². The second kappa shape index (κ2) is 6.16. The van der Waals surface area contributed by atoms with Crippen LogP contribution in [0.4, 0.5) is 0 Å². The van der Waals surface area contributed by atoms with Crippen LogP contribution in [0.25, 0.3) is 0 Å². The summed E-state index contributed by atoms with van der Waals surface area (Å²) in [7, 11) is 0. The van der Waals surface area contributed by atoms with Crippen LogP contribution in [-0.2, 0) is 0 Å². The molecule has 1 aliphatic heterocycles. The van der Waals surface area contributed by atoms with E-state index in [1.54, 1.807) is 17.9 Å². The van der Waals surface area contributed by atoms with Crippen molar-refractivity contribution in [1.82, 2.24) is 15.0 Å². The standard InChI is InChI=1S/C13H21N3O3/c1-3-11(17)9-15-4-6-16(7-5-15)13(18)12-8-10(2)19-14-12/h8,11,17H,3-7,9H2,1-2H3/t11-/m1/s1. The van der Waals surface area contributed by atoms with Crippen LogP contribution in [0.5, 0.6) is 0 Å². The average Bonchev–Trinajstić information content (AvgIpc) is 2.85. The second-order valence-electron chi connectivity index (χ2n) is 4.98. The Morgan fingerprint density at radius 3 is 2.68 bits per heavy atom. The van der Waals surface area contributed by atoms with Gasteiger partial charge in [0, 0.05) is 38.8 Å². The maximum Gasteiger partial charge on any atom is 0.276 e. The Morgan fingerprint density at radius 2 is 2.16 bits per heavy atom. The number of aromatic nitrogens is 1. The van der Waals surface area contributed by atoms with Crippen LogP contribution >= 0.6 is 0 Å². The van der Waals surface area contributed by atoms with Gasteiger partial charge in [-0.2, -0.15) is 0 Å². The number of carbonyl (C=O) groups excluding carboxylic acids is 1. The molecule has 0 aromatic carbocycles. The molecule has 1 fully saturated rings. The first-order chi connectivity index (χ1) is 9.10. The number of nitrogens with zero attached hydrogens (tertiary/aromatic N) is 3. The smallest absolute Gasteiger partial charge is 0.276 e. The molecule has 6 nitrogen and oxygen atoms in total. The lowest BCUT2D eigenvalue weighted by molar-refractivity contribution is 0.0516. The molecule has 1 amide bonds. The lowest BCUT2D eigenvalue weighted by Gasteiger charge is -2.35. The van der Waals surface area contributed by atoms with E-state index in [1.807, 2.05) is 6.92 Å². The highest BCUT2D eigenvalue weighted by Crippen LogP contribution is 2.10. The van der Waals surface area contributed by atoms with Crippen molar-refractivity contribution in [3.05, 3.63) is 17.5 Å². The number of rotatable bonds is 4. The lowest BCUT2D eigenvalue weighted by atomic mass is 10.2. The summed E-state index contributed by atoms with van der Waals surface area (Å²) in [5.41, 5.74) is 0.375. The summed E-state index contributed by atoms with van der Waals surface area (Å²) < 4.78 is 4.92. The van der Waals surface area contributed by atoms with Gasteiger partial charge in [-0.1, -0.05) is 12.1 Å². The van der Waals surface area contributed by atoms with Crippen LogP contribution in [0.1, 0.15) is 29.6 Å². The van der Waals surface area contributed by atoms with Crippen molar-refractivity contribution in [1.29, 1.82) is 0 Å². The van der Waals surface area contributed by atoms with Crippen molar-refractivity contribution in [2.75, 3.05) is 32.7 Å². The van der Waals surface area contributed by atoms with E-state index in [4.69, 9.17) is 4.52 Å². The Balaban J connectivity index is 1.84. The van der Waals surface area contributed by atoms with Crippen molar-refractivity contribution >= 4 is 5.91 Å². The van der Waals surface area contributed by atoms with Gasteiger partial charge in [0.1, 0.15) is 5.76 Å². The van der Waals surface area contributed by atoms with Gasteiger partial charge in [-0.05, 0) is 13.3 Å². The van der Waals surface area contributed by atoms with E-state index in [1.165, 1.54) is 0 Å². The van der Waals surface area contributed by atoms with Gasteiger partial charge in [0.05, 0.1) is 6.10 Å². The maximum atomic E-state index is 12.1. The predicted octanol–water partition coefficient (Wildman–Crippen LogP) is 0.512. The summed E-state index contributed by atoms with van der Waals surface area (Å²) in [6.07, 6.45) is 0.484. The third-order valence-electron chi connectivity index (χ3n) is 3.45. The minimum atomic E-state index is -0.277. The topological polar surface area (TPSA) is 69.8 Å². The molecule has 106 valence electrons. The van der Waals surface area contributed by atoms with Crippen LogP contribution in [0.3, 0.4) is 0 Å². The molecule has 0 spiro atoms. The number of carbonyl (C=O) groups is 1. The number of hydrogen-bond acceptors (Lipinski definition) is 5. The summed E-state index contributed by atoms with van der Waals surface area (Å²) in [6, 6.07) is 1.66. The number of piperazine rings is 1. The fourth-order valence-electron chi connectivity index (χ4n) is 2.19. The average molecular weight is 267 g/mol. The molecule has 1 aliphatic rings. The highest BCUT2D eigenvalue weighted by atomic mass is 16.5. The van der Waals surface area contributed by atoms with Gasteiger partial charge in [-0.25, -0.2) is 0 Å². The molecule has 1 aromatic rings. The van der Waals surface area contributed by atoms with Crippen LogP contribution in [-0.4, -0.2) is 64.8 Å². The first-order valence-corrected chi connectivity index (χ1v) is 6.73. The molecular formula is C13H21N3O3. The summed E-state index contributed by atoms with van der Waals surface area (Å²) in [5, 5.41) is 13.4. The lowest BCUT2D eigenvalue weighted by Crippen LogP contribution is -2.50. The summed E-state index contributed by atoms with van der Waals surface area (Å²) in [4.78, 5) is 16.1. The van der Waals surface area contributed by atoms with E-state index in [-0.39, 0.29) is 12.0 Å². The van der Waals surface area contributed by atoms with Crippen LogP contribution in [0, 0.1) is 6.92 Å².